The number of nitrogens with zero attached hydrogens (tertiary/aromatic N) is 1. The Morgan fingerprint density at radius 3 is 2.43 bits per heavy atom. The van der Waals surface area contributed by atoms with Gasteiger partial charge in [-0.25, -0.2) is 0 Å². The molecule has 4 aromatic rings. The van der Waals surface area contributed by atoms with Gasteiger partial charge in [-0.05, 0) is 80.3 Å². The second-order valence-electron chi connectivity index (χ2n) is 8.97. The van der Waals surface area contributed by atoms with Crippen LogP contribution in [0, 0.1) is 0 Å². The quantitative estimate of drug-likeness (QED) is 0.317. The van der Waals surface area contributed by atoms with Crippen molar-refractivity contribution >= 4 is 22.7 Å². The highest BCUT2D eigenvalue weighted by atomic mass is 16.5. The first kappa shape index (κ1) is 24.4. The van der Waals surface area contributed by atoms with Crippen LogP contribution in [0.3, 0.4) is 0 Å². The Balaban J connectivity index is 1.48. The zero-order valence-corrected chi connectivity index (χ0v) is 21.0. The van der Waals surface area contributed by atoms with Crippen LogP contribution >= 0.6 is 0 Å². The van der Waals surface area contributed by atoms with Gasteiger partial charge in [0.05, 0.1) is 6.61 Å². The lowest BCUT2D eigenvalue weighted by atomic mass is 9.95. The summed E-state index contributed by atoms with van der Waals surface area (Å²) >= 11 is 0. The molecule has 1 aromatic heterocycles. The highest BCUT2D eigenvalue weighted by Gasteiger charge is 2.25. The van der Waals surface area contributed by atoms with E-state index >= 15 is 0 Å². The van der Waals surface area contributed by atoms with E-state index < -0.39 is 0 Å². The number of ketones is 1. The second-order valence-corrected chi connectivity index (χ2v) is 8.97. The van der Waals surface area contributed by atoms with Gasteiger partial charge in [-0.15, -0.1) is 0 Å². The van der Waals surface area contributed by atoms with Crippen molar-refractivity contribution in [2.75, 3.05) is 26.3 Å². The first-order valence-corrected chi connectivity index (χ1v) is 12.6. The van der Waals surface area contributed by atoms with Crippen molar-refractivity contribution in [2.24, 2.45) is 0 Å². The maximum Gasteiger partial charge on any atom is 0.260 e. The van der Waals surface area contributed by atoms with E-state index in [2.05, 4.69) is 0 Å². The van der Waals surface area contributed by atoms with Gasteiger partial charge in [0.25, 0.3) is 5.91 Å². The smallest absolute Gasteiger partial charge is 0.260 e. The lowest BCUT2D eigenvalue weighted by Crippen LogP contribution is -2.34. The van der Waals surface area contributed by atoms with Crippen molar-refractivity contribution in [3.63, 3.8) is 0 Å². The SMILES string of the molecule is CCN(CC)C(=O)COc1ccc(C(=O)c2oc3cc4c(cc3c2-c2ccc(O)cc2)CCCO4)cc1. The third-order valence-electron chi connectivity index (χ3n) is 6.68. The molecule has 7 nitrogen and oxygen atoms in total. The molecule has 2 heterocycles. The largest absolute Gasteiger partial charge is 0.508 e. The number of aryl methyl sites for hydroxylation is 1. The highest BCUT2D eigenvalue weighted by Crippen LogP contribution is 2.40. The van der Waals surface area contributed by atoms with Gasteiger partial charge in [0, 0.05) is 35.7 Å². The highest BCUT2D eigenvalue weighted by molar-refractivity contribution is 6.16. The summed E-state index contributed by atoms with van der Waals surface area (Å²) in [6.45, 7) is 5.70. The van der Waals surface area contributed by atoms with Crippen LogP contribution in [0.4, 0.5) is 0 Å². The fourth-order valence-electron chi connectivity index (χ4n) is 4.66. The molecule has 1 aliphatic heterocycles. The number of amides is 1. The van der Waals surface area contributed by atoms with Gasteiger partial charge in [-0.2, -0.15) is 0 Å². The maximum absolute atomic E-state index is 13.7. The normalized spacial score (nSPS) is 12.6. The molecule has 0 radical (unpaired) electrons. The summed E-state index contributed by atoms with van der Waals surface area (Å²) in [4.78, 5) is 27.6. The van der Waals surface area contributed by atoms with Gasteiger partial charge >= 0.3 is 0 Å². The minimum absolute atomic E-state index is 0.0592. The molecule has 3 aromatic carbocycles. The van der Waals surface area contributed by atoms with E-state index in [4.69, 9.17) is 13.9 Å². The molecule has 0 aliphatic carbocycles. The lowest BCUT2D eigenvalue weighted by molar-refractivity contribution is -0.132. The van der Waals surface area contributed by atoms with Crippen LogP contribution in [0.25, 0.3) is 22.1 Å². The molecular weight excluding hydrogens is 470 g/mol. The molecule has 0 spiro atoms. The molecule has 1 aliphatic rings. The standard InChI is InChI=1S/C30H29NO6/c1-3-31(4-2)27(33)18-36-23-13-9-20(10-14-23)29(34)30-28(19-7-11-22(32)12-8-19)24-16-21-6-5-15-35-25(21)17-26(24)37-30/h7-14,16-17,32H,3-6,15,18H2,1-2H3. The molecule has 37 heavy (non-hydrogen) atoms. The minimum Gasteiger partial charge on any atom is -0.508 e. The molecule has 0 bridgehead atoms. The summed E-state index contributed by atoms with van der Waals surface area (Å²) in [6.07, 6.45) is 1.83. The molecule has 1 N–H and O–H groups in total. The number of hydrogen-bond donors (Lipinski definition) is 1. The van der Waals surface area contributed by atoms with Crippen LogP contribution < -0.4 is 9.47 Å². The average molecular weight is 500 g/mol. The lowest BCUT2D eigenvalue weighted by Gasteiger charge is -2.18. The molecule has 1 amide bonds. The minimum atomic E-state index is -0.274. The van der Waals surface area contributed by atoms with Crippen LogP contribution in [-0.4, -0.2) is 48.0 Å². The fraction of sp³-hybridized carbons (Fsp3) is 0.267. The number of phenolic OH excluding ortho intramolecular Hbond substituents is 1. The number of aromatic hydroxyl groups is 1. The number of furan rings is 1. The van der Waals surface area contributed by atoms with E-state index in [9.17, 15) is 14.7 Å². The molecular formula is C30H29NO6. The number of hydrogen-bond acceptors (Lipinski definition) is 6. The molecule has 0 atom stereocenters. The van der Waals surface area contributed by atoms with Gasteiger partial charge in [-0.1, -0.05) is 12.1 Å². The molecule has 0 saturated carbocycles. The van der Waals surface area contributed by atoms with E-state index in [-0.39, 0.29) is 29.8 Å². The van der Waals surface area contributed by atoms with Crippen molar-refractivity contribution < 1.29 is 28.6 Å². The molecule has 190 valence electrons. The summed E-state index contributed by atoms with van der Waals surface area (Å²) in [5.74, 6) is 1.29. The predicted molar refractivity (Wildman–Crippen MR) is 140 cm³/mol. The Morgan fingerprint density at radius 2 is 1.73 bits per heavy atom. The Kier molecular flexibility index (Phi) is 6.86. The number of phenols is 1. The van der Waals surface area contributed by atoms with Crippen LogP contribution in [0.2, 0.25) is 0 Å². The Hall–Kier alpha value is -4.26. The fourth-order valence-corrected chi connectivity index (χ4v) is 4.66. The summed E-state index contributed by atoms with van der Waals surface area (Å²) in [7, 11) is 0. The summed E-state index contributed by atoms with van der Waals surface area (Å²) < 4.78 is 17.6. The number of benzene rings is 3. The number of carbonyl (C=O) groups excluding carboxylic acids is 2. The van der Waals surface area contributed by atoms with Crippen molar-refractivity contribution in [3.05, 3.63) is 77.6 Å². The van der Waals surface area contributed by atoms with Gasteiger partial charge in [0.1, 0.15) is 22.8 Å². The molecule has 5 rings (SSSR count). The van der Waals surface area contributed by atoms with E-state index in [0.29, 0.717) is 42.2 Å². The van der Waals surface area contributed by atoms with Crippen LogP contribution in [0.5, 0.6) is 17.2 Å². The van der Waals surface area contributed by atoms with E-state index in [1.807, 2.05) is 26.0 Å². The van der Waals surface area contributed by atoms with Crippen molar-refractivity contribution in [1.29, 1.82) is 0 Å². The average Bonchev–Trinajstić information content (AvgIpc) is 3.29. The van der Waals surface area contributed by atoms with Crippen LogP contribution in [-0.2, 0) is 11.2 Å². The summed E-state index contributed by atoms with van der Waals surface area (Å²) in [6, 6.07) is 17.3. The number of rotatable bonds is 8. The van der Waals surface area contributed by atoms with Crippen LogP contribution in [0.15, 0.2) is 65.1 Å². The van der Waals surface area contributed by atoms with E-state index in [1.54, 1.807) is 53.4 Å². The zero-order chi connectivity index (χ0) is 25.9. The van der Waals surface area contributed by atoms with Gasteiger partial charge in [-0.3, -0.25) is 9.59 Å². The molecule has 0 saturated heterocycles. The van der Waals surface area contributed by atoms with Crippen molar-refractivity contribution in [2.45, 2.75) is 26.7 Å². The maximum atomic E-state index is 13.7. The number of fused-ring (bicyclic) bond motifs is 2. The van der Waals surface area contributed by atoms with E-state index in [0.717, 1.165) is 35.1 Å². The first-order chi connectivity index (χ1) is 18.0. The Morgan fingerprint density at radius 1 is 1.00 bits per heavy atom. The molecule has 0 fully saturated rings. The number of carbonyl (C=O) groups is 2. The zero-order valence-electron chi connectivity index (χ0n) is 21.0. The third kappa shape index (κ3) is 4.89. The summed E-state index contributed by atoms with van der Waals surface area (Å²) in [5.41, 5.74) is 3.54. The second kappa shape index (κ2) is 10.4. The molecule has 0 unspecified atom stereocenters. The predicted octanol–water partition coefficient (Wildman–Crippen LogP) is 5.61. The summed E-state index contributed by atoms with van der Waals surface area (Å²) in [5, 5.41) is 10.6. The first-order valence-electron chi connectivity index (χ1n) is 12.6. The van der Waals surface area contributed by atoms with Crippen molar-refractivity contribution in [3.8, 4) is 28.4 Å². The van der Waals surface area contributed by atoms with Crippen molar-refractivity contribution in [1.82, 2.24) is 4.90 Å². The number of ether oxygens (including phenoxy) is 2. The monoisotopic (exact) mass is 499 g/mol. The topological polar surface area (TPSA) is 89.2 Å². The van der Waals surface area contributed by atoms with Gasteiger partial charge in [0.15, 0.2) is 12.4 Å². The molecule has 7 heteroatoms. The van der Waals surface area contributed by atoms with E-state index in [1.165, 1.54) is 0 Å². The van der Waals surface area contributed by atoms with Crippen LogP contribution in [0.1, 0.15) is 41.9 Å². The van der Waals surface area contributed by atoms with Gasteiger partial charge in [0.2, 0.25) is 5.78 Å². The Bertz CT molecular complexity index is 1430. The number of likely N-dealkylation sites (N-methyl/N-ethyl adjacent to an activating group) is 1. The third-order valence-corrected chi connectivity index (χ3v) is 6.68. The van der Waals surface area contributed by atoms with Gasteiger partial charge < -0.3 is 23.9 Å². The Labute approximate surface area is 215 Å².